The summed E-state index contributed by atoms with van der Waals surface area (Å²) >= 11 is 0. The highest BCUT2D eigenvalue weighted by Gasteiger charge is 2.46. The minimum Gasteiger partial charge on any atom is -0.481 e. The van der Waals surface area contributed by atoms with Gasteiger partial charge in [-0.25, -0.2) is 4.79 Å². The highest BCUT2D eigenvalue weighted by Crippen LogP contribution is 2.51. The lowest BCUT2D eigenvalue weighted by Crippen LogP contribution is -2.16. The van der Waals surface area contributed by atoms with Crippen molar-refractivity contribution in [2.45, 2.75) is 44.6 Å². The normalized spacial score (nSPS) is 16.8. The van der Waals surface area contributed by atoms with Crippen LogP contribution in [0.4, 0.5) is 0 Å². The number of oxazole rings is 1. The van der Waals surface area contributed by atoms with Gasteiger partial charge in [-0.3, -0.25) is 9.36 Å². The molecular weight excluding hydrogens is 258 g/mol. The van der Waals surface area contributed by atoms with E-state index in [0.29, 0.717) is 5.58 Å². The fraction of sp³-hybridized carbons (Fsp3) is 0.467. The average molecular weight is 275 g/mol. The van der Waals surface area contributed by atoms with Crippen LogP contribution in [0.25, 0.3) is 11.1 Å². The molecule has 0 atom stereocenters. The Bertz CT molecular complexity index is 734. The smallest absolute Gasteiger partial charge is 0.420 e. The highest BCUT2D eigenvalue weighted by molar-refractivity contribution is 5.76. The van der Waals surface area contributed by atoms with Crippen LogP contribution in [0.15, 0.2) is 27.4 Å². The SMILES string of the molecule is CC(C)n1c(=O)oc2ccc(C3(CC(=O)O)CC3)cc21. The van der Waals surface area contributed by atoms with Crippen LogP contribution in [0, 0.1) is 0 Å². The molecule has 1 N–H and O–H groups in total. The van der Waals surface area contributed by atoms with Gasteiger partial charge in [0.15, 0.2) is 5.58 Å². The van der Waals surface area contributed by atoms with Crippen LogP contribution in [0.5, 0.6) is 0 Å². The molecule has 1 aliphatic rings. The summed E-state index contributed by atoms with van der Waals surface area (Å²) in [5, 5.41) is 9.04. The van der Waals surface area contributed by atoms with Gasteiger partial charge in [0.05, 0.1) is 11.9 Å². The molecule has 0 spiro atoms. The van der Waals surface area contributed by atoms with Gasteiger partial charge in [0.2, 0.25) is 0 Å². The van der Waals surface area contributed by atoms with Gasteiger partial charge in [0.25, 0.3) is 0 Å². The lowest BCUT2D eigenvalue weighted by Gasteiger charge is -2.13. The molecule has 0 unspecified atom stereocenters. The Morgan fingerprint density at radius 2 is 2.15 bits per heavy atom. The minimum atomic E-state index is -0.781. The van der Waals surface area contributed by atoms with Crippen molar-refractivity contribution in [3.05, 3.63) is 34.3 Å². The molecule has 3 rings (SSSR count). The summed E-state index contributed by atoms with van der Waals surface area (Å²) in [7, 11) is 0. The molecule has 1 saturated carbocycles. The molecule has 20 heavy (non-hydrogen) atoms. The molecule has 1 aromatic heterocycles. The zero-order valence-electron chi connectivity index (χ0n) is 11.5. The van der Waals surface area contributed by atoms with E-state index >= 15 is 0 Å². The third-order valence-electron chi connectivity index (χ3n) is 4.08. The van der Waals surface area contributed by atoms with Gasteiger partial charge in [-0.1, -0.05) is 6.07 Å². The Hall–Kier alpha value is -2.04. The van der Waals surface area contributed by atoms with E-state index in [0.717, 1.165) is 23.9 Å². The van der Waals surface area contributed by atoms with Crippen molar-refractivity contribution < 1.29 is 14.3 Å². The summed E-state index contributed by atoms with van der Waals surface area (Å²) in [6.45, 7) is 3.85. The molecule has 1 heterocycles. The summed E-state index contributed by atoms with van der Waals surface area (Å²) < 4.78 is 6.83. The molecule has 1 aromatic carbocycles. The zero-order chi connectivity index (χ0) is 14.5. The van der Waals surface area contributed by atoms with E-state index in [-0.39, 0.29) is 23.6 Å². The van der Waals surface area contributed by atoms with Crippen LogP contribution < -0.4 is 5.76 Å². The van der Waals surface area contributed by atoms with Crippen LogP contribution >= 0.6 is 0 Å². The van der Waals surface area contributed by atoms with Crippen molar-refractivity contribution in [3.63, 3.8) is 0 Å². The van der Waals surface area contributed by atoms with E-state index in [1.54, 1.807) is 10.6 Å². The highest BCUT2D eigenvalue weighted by atomic mass is 16.4. The fourth-order valence-electron chi connectivity index (χ4n) is 2.86. The minimum absolute atomic E-state index is 0.00799. The van der Waals surface area contributed by atoms with Crippen molar-refractivity contribution in [1.82, 2.24) is 4.57 Å². The quantitative estimate of drug-likeness (QED) is 0.931. The van der Waals surface area contributed by atoms with Crippen molar-refractivity contribution >= 4 is 17.1 Å². The number of hydrogen-bond donors (Lipinski definition) is 1. The van der Waals surface area contributed by atoms with Crippen molar-refractivity contribution in [3.8, 4) is 0 Å². The first kappa shape index (κ1) is 13.0. The zero-order valence-corrected chi connectivity index (χ0v) is 11.5. The topological polar surface area (TPSA) is 72.4 Å². The summed E-state index contributed by atoms with van der Waals surface area (Å²) in [6, 6.07) is 5.57. The molecule has 106 valence electrons. The second-order valence-corrected chi connectivity index (χ2v) is 5.87. The first-order chi connectivity index (χ1) is 9.43. The van der Waals surface area contributed by atoms with Crippen LogP contribution in [-0.2, 0) is 10.2 Å². The maximum absolute atomic E-state index is 11.8. The van der Waals surface area contributed by atoms with Gasteiger partial charge >= 0.3 is 11.7 Å². The summed E-state index contributed by atoms with van der Waals surface area (Å²) in [5.74, 6) is -1.15. The number of nitrogens with zero attached hydrogens (tertiary/aromatic N) is 1. The maximum Gasteiger partial charge on any atom is 0.420 e. The van der Waals surface area contributed by atoms with E-state index in [1.807, 2.05) is 26.0 Å². The molecule has 0 aliphatic heterocycles. The predicted octanol–water partition coefficient (Wildman–Crippen LogP) is 2.68. The molecule has 0 amide bonds. The Morgan fingerprint density at radius 1 is 1.45 bits per heavy atom. The molecular formula is C15H17NO4. The molecule has 0 bridgehead atoms. The fourth-order valence-corrected chi connectivity index (χ4v) is 2.86. The molecule has 0 radical (unpaired) electrons. The molecule has 5 nitrogen and oxygen atoms in total. The molecule has 1 fully saturated rings. The standard InChI is InChI=1S/C15H17NO4/c1-9(2)16-11-7-10(3-4-12(11)20-14(16)19)15(5-6-15)8-13(17)18/h3-4,7,9H,5-6,8H2,1-2H3,(H,17,18). The number of carboxylic acids is 1. The van der Waals surface area contributed by atoms with E-state index in [9.17, 15) is 9.59 Å². The molecule has 0 saturated heterocycles. The summed E-state index contributed by atoms with van der Waals surface area (Å²) in [4.78, 5) is 22.8. The number of benzene rings is 1. The number of carboxylic acid groups (broad SMARTS) is 1. The van der Waals surface area contributed by atoms with Crippen molar-refractivity contribution in [1.29, 1.82) is 0 Å². The lowest BCUT2D eigenvalue weighted by atomic mass is 9.92. The monoisotopic (exact) mass is 275 g/mol. The first-order valence-electron chi connectivity index (χ1n) is 6.80. The van der Waals surface area contributed by atoms with Crippen LogP contribution in [0.1, 0.15) is 44.7 Å². The van der Waals surface area contributed by atoms with Crippen LogP contribution in [0.3, 0.4) is 0 Å². The van der Waals surface area contributed by atoms with Gasteiger partial charge in [0, 0.05) is 11.5 Å². The van der Waals surface area contributed by atoms with Gasteiger partial charge in [-0.15, -0.1) is 0 Å². The Morgan fingerprint density at radius 3 is 2.70 bits per heavy atom. The lowest BCUT2D eigenvalue weighted by molar-refractivity contribution is -0.137. The largest absolute Gasteiger partial charge is 0.481 e. The van der Waals surface area contributed by atoms with Crippen molar-refractivity contribution in [2.24, 2.45) is 0 Å². The predicted molar refractivity (Wildman–Crippen MR) is 74.0 cm³/mol. The van der Waals surface area contributed by atoms with E-state index in [4.69, 9.17) is 9.52 Å². The number of fused-ring (bicyclic) bond motifs is 1. The van der Waals surface area contributed by atoms with Gasteiger partial charge in [-0.05, 0) is 44.4 Å². The first-order valence-corrected chi connectivity index (χ1v) is 6.80. The van der Waals surface area contributed by atoms with E-state index < -0.39 is 5.97 Å². The second-order valence-electron chi connectivity index (χ2n) is 5.87. The third-order valence-corrected chi connectivity index (χ3v) is 4.08. The van der Waals surface area contributed by atoms with Gasteiger partial charge in [-0.2, -0.15) is 0 Å². The number of aliphatic carboxylic acids is 1. The van der Waals surface area contributed by atoms with Gasteiger partial charge in [0.1, 0.15) is 0 Å². The summed E-state index contributed by atoms with van der Waals surface area (Å²) in [6.07, 6.45) is 1.91. The number of carbonyl (C=O) groups is 1. The van der Waals surface area contributed by atoms with Crippen LogP contribution in [-0.4, -0.2) is 15.6 Å². The Kier molecular flexibility index (Phi) is 2.74. The number of hydrogen-bond acceptors (Lipinski definition) is 3. The Labute approximate surface area is 115 Å². The number of rotatable bonds is 4. The number of aromatic nitrogens is 1. The molecule has 5 heteroatoms. The Balaban J connectivity index is 2.13. The van der Waals surface area contributed by atoms with Crippen molar-refractivity contribution in [2.75, 3.05) is 0 Å². The van der Waals surface area contributed by atoms with Crippen LogP contribution in [0.2, 0.25) is 0 Å². The summed E-state index contributed by atoms with van der Waals surface area (Å²) in [5.41, 5.74) is 2.04. The maximum atomic E-state index is 11.8. The average Bonchev–Trinajstić information content (AvgIpc) is 3.02. The van der Waals surface area contributed by atoms with Gasteiger partial charge < -0.3 is 9.52 Å². The van der Waals surface area contributed by atoms with E-state index in [2.05, 4.69) is 0 Å². The molecule has 1 aliphatic carbocycles. The molecule has 2 aromatic rings. The van der Waals surface area contributed by atoms with E-state index in [1.165, 1.54) is 0 Å². The third kappa shape index (κ3) is 1.94. The second kappa shape index (κ2) is 4.23.